The number of rotatable bonds is 4. The van der Waals surface area contributed by atoms with Crippen LogP contribution < -0.4 is 10.1 Å². The average Bonchev–Trinajstić information content (AvgIpc) is 2.43. The average molecular weight is 352 g/mol. The molecule has 0 saturated heterocycles. The van der Waals surface area contributed by atoms with Gasteiger partial charge in [0.1, 0.15) is 5.75 Å². The summed E-state index contributed by atoms with van der Waals surface area (Å²) in [4.78, 5) is 12.0. The summed E-state index contributed by atoms with van der Waals surface area (Å²) in [7, 11) is 0. The van der Waals surface area contributed by atoms with E-state index in [1.807, 2.05) is 24.3 Å². The molecule has 0 radical (unpaired) electrons. The molecule has 0 bridgehead atoms. The van der Waals surface area contributed by atoms with Gasteiger partial charge in [0.15, 0.2) is 6.61 Å². The van der Waals surface area contributed by atoms with Gasteiger partial charge in [0.25, 0.3) is 5.91 Å². The minimum absolute atomic E-state index is 0.0620. The number of benzene rings is 2. The highest BCUT2D eigenvalue weighted by Crippen LogP contribution is 2.31. The molecule has 2 aromatic rings. The van der Waals surface area contributed by atoms with Gasteiger partial charge in [-0.3, -0.25) is 4.79 Å². The summed E-state index contributed by atoms with van der Waals surface area (Å²) < 4.78 is 5.68. The molecule has 23 heavy (non-hydrogen) atoms. The van der Waals surface area contributed by atoms with E-state index in [0.29, 0.717) is 21.5 Å². The molecule has 0 aliphatic carbocycles. The highest BCUT2D eigenvalue weighted by Gasteiger charge is 2.18. The fourth-order valence-electron chi connectivity index (χ4n) is 2.18. The zero-order chi connectivity index (χ0) is 17.0. The van der Waals surface area contributed by atoms with Gasteiger partial charge >= 0.3 is 0 Å². The van der Waals surface area contributed by atoms with Crippen molar-refractivity contribution in [1.82, 2.24) is 0 Å². The Balaban J connectivity index is 2.03. The molecule has 0 heterocycles. The lowest BCUT2D eigenvalue weighted by molar-refractivity contribution is -0.118. The van der Waals surface area contributed by atoms with Crippen molar-refractivity contribution in [3.05, 3.63) is 58.1 Å². The molecule has 0 saturated carbocycles. The molecule has 122 valence electrons. The molecule has 0 atom stereocenters. The zero-order valence-corrected chi connectivity index (χ0v) is 14.8. The first-order valence-electron chi connectivity index (χ1n) is 7.24. The third kappa shape index (κ3) is 5.15. The molecule has 0 aromatic heterocycles. The van der Waals surface area contributed by atoms with E-state index in [1.54, 1.807) is 18.2 Å². The smallest absolute Gasteiger partial charge is 0.262 e. The van der Waals surface area contributed by atoms with Crippen molar-refractivity contribution in [3.63, 3.8) is 0 Å². The normalized spacial score (nSPS) is 11.2. The molecule has 0 aliphatic rings. The standard InChI is InChI=1S/C18H19Cl2NO2/c1-18(2,3)15-6-4-5-7-16(15)23-11-17(22)21-14-9-12(19)8-13(20)10-14/h4-10H,11H2,1-3H3,(H,21,22). The van der Waals surface area contributed by atoms with Crippen molar-refractivity contribution >= 4 is 34.8 Å². The molecular formula is C18H19Cl2NO2. The van der Waals surface area contributed by atoms with Gasteiger partial charge in [-0.25, -0.2) is 0 Å². The zero-order valence-electron chi connectivity index (χ0n) is 13.3. The van der Waals surface area contributed by atoms with E-state index in [4.69, 9.17) is 27.9 Å². The van der Waals surface area contributed by atoms with Gasteiger partial charge in [0.05, 0.1) is 0 Å². The summed E-state index contributed by atoms with van der Waals surface area (Å²) in [6.45, 7) is 6.22. The summed E-state index contributed by atoms with van der Waals surface area (Å²) in [5.74, 6) is 0.436. The first kappa shape index (κ1) is 17.6. The number of amides is 1. The molecule has 3 nitrogen and oxygen atoms in total. The van der Waals surface area contributed by atoms with Gasteiger partial charge in [-0.1, -0.05) is 62.2 Å². The molecule has 2 aromatic carbocycles. The second kappa shape index (κ2) is 7.24. The van der Waals surface area contributed by atoms with Crippen LogP contribution in [0.5, 0.6) is 5.75 Å². The van der Waals surface area contributed by atoms with E-state index >= 15 is 0 Å². The number of anilines is 1. The predicted molar refractivity (Wildman–Crippen MR) is 95.7 cm³/mol. The highest BCUT2D eigenvalue weighted by atomic mass is 35.5. The lowest BCUT2D eigenvalue weighted by Gasteiger charge is -2.22. The van der Waals surface area contributed by atoms with Gasteiger partial charge in [-0.2, -0.15) is 0 Å². The molecular weight excluding hydrogens is 333 g/mol. The Bertz CT molecular complexity index is 688. The SMILES string of the molecule is CC(C)(C)c1ccccc1OCC(=O)Nc1cc(Cl)cc(Cl)c1. The first-order valence-corrected chi connectivity index (χ1v) is 7.99. The summed E-state index contributed by atoms with van der Waals surface area (Å²) in [6, 6.07) is 12.6. The fraction of sp³-hybridized carbons (Fsp3) is 0.278. The molecule has 0 spiro atoms. The Morgan fingerprint density at radius 2 is 1.70 bits per heavy atom. The van der Waals surface area contributed by atoms with Gasteiger partial charge in [0, 0.05) is 15.7 Å². The van der Waals surface area contributed by atoms with Crippen LogP contribution in [0.1, 0.15) is 26.3 Å². The number of carbonyl (C=O) groups excluding carboxylic acids is 1. The van der Waals surface area contributed by atoms with Crippen molar-refractivity contribution in [3.8, 4) is 5.75 Å². The van der Waals surface area contributed by atoms with Crippen molar-refractivity contribution in [2.75, 3.05) is 11.9 Å². The lowest BCUT2D eigenvalue weighted by Crippen LogP contribution is -2.22. The molecule has 1 N–H and O–H groups in total. The summed E-state index contributed by atoms with van der Waals surface area (Å²) in [5.41, 5.74) is 1.53. The number of ether oxygens (including phenoxy) is 1. The van der Waals surface area contributed by atoms with Crippen LogP contribution in [0.2, 0.25) is 10.0 Å². The van der Waals surface area contributed by atoms with Crippen molar-refractivity contribution < 1.29 is 9.53 Å². The summed E-state index contributed by atoms with van der Waals surface area (Å²) in [5, 5.41) is 3.65. The minimum Gasteiger partial charge on any atom is -0.483 e. The van der Waals surface area contributed by atoms with Gasteiger partial charge in [0.2, 0.25) is 0 Å². The van der Waals surface area contributed by atoms with Crippen molar-refractivity contribution in [2.24, 2.45) is 0 Å². The third-order valence-corrected chi connectivity index (χ3v) is 3.64. The molecule has 0 fully saturated rings. The van der Waals surface area contributed by atoms with Crippen molar-refractivity contribution in [1.29, 1.82) is 0 Å². The topological polar surface area (TPSA) is 38.3 Å². The lowest BCUT2D eigenvalue weighted by atomic mass is 9.86. The Morgan fingerprint density at radius 3 is 2.30 bits per heavy atom. The minimum atomic E-state index is -0.271. The van der Waals surface area contributed by atoms with E-state index in [2.05, 4.69) is 26.1 Å². The summed E-state index contributed by atoms with van der Waals surface area (Å²) in [6.07, 6.45) is 0. The Morgan fingerprint density at radius 1 is 1.09 bits per heavy atom. The van der Waals surface area contributed by atoms with Crippen LogP contribution in [-0.4, -0.2) is 12.5 Å². The van der Waals surface area contributed by atoms with Crippen LogP contribution in [0.3, 0.4) is 0 Å². The van der Waals surface area contributed by atoms with E-state index in [-0.39, 0.29) is 17.9 Å². The van der Waals surface area contributed by atoms with Crippen LogP contribution >= 0.6 is 23.2 Å². The van der Waals surface area contributed by atoms with E-state index < -0.39 is 0 Å². The monoisotopic (exact) mass is 351 g/mol. The van der Waals surface area contributed by atoms with Gasteiger partial charge < -0.3 is 10.1 Å². The van der Waals surface area contributed by atoms with Gasteiger partial charge in [-0.15, -0.1) is 0 Å². The number of hydrogen-bond acceptors (Lipinski definition) is 2. The van der Waals surface area contributed by atoms with Crippen molar-refractivity contribution in [2.45, 2.75) is 26.2 Å². The van der Waals surface area contributed by atoms with E-state index in [9.17, 15) is 4.79 Å². The number of nitrogens with one attached hydrogen (secondary N) is 1. The largest absolute Gasteiger partial charge is 0.483 e. The van der Waals surface area contributed by atoms with Crippen LogP contribution in [0.15, 0.2) is 42.5 Å². The number of halogens is 2. The first-order chi connectivity index (χ1) is 10.8. The molecule has 0 unspecified atom stereocenters. The molecule has 2 rings (SSSR count). The Hall–Kier alpha value is -1.71. The molecule has 0 aliphatic heterocycles. The van der Waals surface area contributed by atoms with Gasteiger partial charge in [-0.05, 0) is 35.2 Å². The number of carbonyl (C=O) groups is 1. The molecule has 5 heteroatoms. The maximum absolute atomic E-state index is 12.0. The van der Waals surface area contributed by atoms with Crippen LogP contribution in [-0.2, 0) is 10.2 Å². The molecule has 1 amide bonds. The van der Waals surface area contributed by atoms with E-state index in [0.717, 1.165) is 5.56 Å². The van der Waals surface area contributed by atoms with E-state index in [1.165, 1.54) is 0 Å². The maximum atomic E-state index is 12.0. The van der Waals surface area contributed by atoms with Crippen LogP contribution in [0.25, 0.3) is 0 Å². The highest BCUT2D eigenvalue weighted by molar-refractivity contribution is 6.35. The predicted octanol–water partition coefficient (Wildman–Crippen LogP) is 5.31. The quantitative estimate of drug-likeness (QED) is 0.810. The Kier molecular flexibility index (Phi) is 5.55. The number of hydrogen-bond donors (Lipinski definition) is 1. The number of para-hydroxylation sites is 1. The maximum Gasteiger partial charge on any atom is 0.262 e. The van der Waals surface area contributed by atoms with Crippen LogP contribution in [0, 0.1) is 0 Å². The second-order valence-electron chi connectivity index (χ2n) is 6.24. The fourth-order valence-corrected chi connectivity index (χ4v) is 2.70. The summed E-state index contributed by atoms with van der Waals surface area (Å²) >= 11 is 11.8. The second-order valence-corrected chi connectivity index (χ2v) is 7.11. The Labute approximate surface area is 146 Å². The third-order valence-electron chi connectivity index (χ3n) is 3.20. The van der Waals surface area contributed by atoms with Crippen LogP contribution in [0.4, 0.5) is 5.69 Å².